The molecule has 0 aliphatic carbocycles. The number of nitrogens with zero attached hydrogens (tertiary/aromatic N) is 2. The molecule has 0 spiro atoms. The monoisotopic (exact) mass is 346 g/mol. The van der Waals surface area contributed by atoms with Crippen molar-refractivity contribution in [2.24, 2.45) is 4.99 Å². The van der Waals surface area contributed by atoms with Crippen LogP contribution in [0.1, 0.15) is 22.4 Å². The van der Waals surface area contributed by atoms with Gasteiger partial charge >= 0.3 is 0 Å². The molecule has 3 aromatic rings. The highest BCUT2D eigenvalue weighted by Crippen LogP contribution is 2.15. The van der Waals surface area contributed by atoms with Gasteiger partial charge in [-0.05, 0) is 37.3 Å². The van der Waals surface area contributed by atoms with Crippen molar-refractivity contribution in [3.63, 3.8) is 0 Å². The van der Waals surface area contributed by atoms with Gasteiger partial charge in [0.25, 0.3) is 0 Å². The van der Waals surface area contributed by atoms with Gasteiger partial charge < -0.3 is 10.6 Å². The first-order chi connectivity index (χ1) is 12.7. The van der Waals surface area contributed by atoms with Crippen LogP contribution < -0.4 is 10.6 Å². The number of hydrogen-bond donors (Lipinski definition) is 2. The largest absolute Gasteiger partial charge is 0.356 e. The molecular formula is C22H26N4. The van der Waals surface area contributed by atoms with Crippen LogP contribution in [-0.2, 0) is 13.0 Å². The number of pyridine rings is 1. The Hall–Kier alpha value is -2.88. The molecule has 0 atom stereocenters. The zero-order valence-corrected chi connectivity index (χ0v) is 15.7. The van der Waals surface area contributed by atoms with E-state index in [1.165, 1.54) is 27.5 Å². The van der Waals surface area contributed by atoms with E-state index in [-0.39, 0.29) is 0 Å². The molecule has 0 aliphatic rings. The number of aromatic nitrogens is 1. The van der Waals surface area contributed by atoms with Crippen molar-refractivity contribution in [1.29, 1.82) is 0 Å². The van der Waals surface area contributed by atoms with E-state index in [9.17, 15) is 0 Å². The normalized spacial score (nSPS) is 11.6. The smallest absolute Gasteiger partial charge is 0.191 e. The number of fused-ring (bicyclic) bond motifs is 1. The van der Waals surface area contributed by atoms with Gasteiger partial charge in [0.1, 0.15) is 0 Å². The first-order valence-corrected chi connectivity index (χ1v) is 9.00. The summed E-state index contributed by atoms with van der Waals surface area (Å²) in [6.45, 7) is 5.76. The highest BCUT2D eigenvalue weighted by Gasteiger charge is 2.04. The van der Waals surface area contributed by atoms with E-state index < -0.39 is 0 Å². The fourth-order valence-electron chi connectivity index (χ4n) is 3.25. The van der Waals surface area contributed by atoms with Gasteiger partial charge in [-0.1, -0.05) is 53.6 Å². The van der Waals surface area contributed by atoms with Gasteiger partial charge in [-0.15, -0.1) is 0 Å². The number of guanidine groups is 1. The average Bonchev–Trinajstić information content (AvgIpc) is 2.63. The van der Waals surface area contributed by atoms with Crippen LogP contribution in [0.3, 0.4) is 0 Å². The number of aliphatic imine (C=N–C) groups is 1. The third kappa shape index (κ3) is 4.60. The van der Waals surface area contributed by atoms with Crippen molar-refractivity contribution in [1.82, 2.24) is 15.6 Å². The molecule has 134 valence electrons. The summed E-state index contributed by atoms with van der Waals surface area (Å²) in [4.78, 5) is 8.83. The quantitative estimate of drug-likeness (QED) is 0.546. The molecule has 26 heavy (non-hydrogen) atoms. The molecule has 2 N–H and O–H groups in total. The molecule has 4 nitrogen and oxygen atoms in total. The summed E-state index contributed by atoms with van der Waals surface area (Å²) < 4.78 is 0. The molecule has 0 saturated heterocycles. The third-order valence-corrected chi connectivity index (χ3v) is 4.39. The van der Waals surface area contributed by atoms with Crippen LogP contribution in [0, 0.1) is 13.8 Å². The van der Waals surface area contributed by atoms with Crippen molar-refractivity contribution in [2.45, 2.75) is 26.8 Å². The first-order valence-electron chi connectivity index (χ1n) is 9.00. The third-order valence-electron chi connectivity index (χ3n) is 4.39. The SMILES string of the molecule is CN=C(NCCc1cc(C)cc(C)c1)NCc1nccc2ccccc12. The van der Waals surface area contributed by atoms with Gasteiger partial charge in [0.15, 0.2) is 5.96 Å². The number of benzene rings is 2. The Morgan fingerprint density at radius 1 is 1.00 bits per heavy atom. The second-order valence-corrected chi connectivity index (χ2v) is 6.58. The lowest BCUT2D eigenvalue weighted by atomic mass is 10.1. The van der Waals surface area contributed by atoms with Crippen LogP contribution in [0.5, 0.6) is 0 Å². The Morgan fingerprint density at radius 3 is 2.54 bits per heavy atom. The molecule has 0 amide bonds. The molecule has 0 bridgehead atoms. The van der Waals surface area contributed by atoms with Gasteiger partial charge in [-0.3, -0.25) is 9.98 Å². The predicted octanol–water partition coefficient (Wildman–Crippen LogP) is 3.76. The molecule has 0 aliphatic heterocycles. The molecule has 0 radical (unpaired) electrons. The molecule has 0 unspecified atom stereocenters. The summed E-state index contributed by atoms with van der Waals surface area (Å²) >= 11 is 0. The summed E-state index contributed by atoms with van der Waals surface area (Å²) in [5, 5.41) is 9.13. The van der Waals surface area contributed by atoms with E-state index in [0.717, 1.165) is 24.6 Å². The van der Waals surface area contributed by atoms with Crippen molar-refractivity contribution in [3.05, 3.63) is 77.1 Å². The highest BCUT2D eigenvalue weighted by molar-refractivity contribution is 5.85. The Bertz CT molecular complexity index is 889. The zero-order chi connectivity index (χ0) is 18.4. The van der Waals surface area contributed by atoms with Gasteiger partial charge in [-0.2, -0.15) is 0 Å². The van der Waals surface area contributed by atoms with Crippen LogP contribution >= 0.6 is 0 Å². The molecule has 1 aromatic heterocycles. The van der Waals surface area contributed by atoms with E-state index in [1.54, 1.807) is 7.05 Å². The second-order valence-electron chi connectivity index (χ2n) is 6.58. The van der Waals surface area contributed by atoms with Gasteiger partial charge in [0.05, 0.1) is 12.2 Å². The number of hydrogen-bond acceptors (Lipinski definition) is 2. The van der Waals surface area contributed by atoms with Gasteiger partial charge in [0, 0.05) is 25.2 Å². The fraction of sp³-hybridized carbons (Fsp3) is 0.273. The molecule has 0 saturated carbocycles. The van der Waals surface area contributed by atoms with E-state index in [1.807, 2.05) is 24.4 Å². The van der Waals surface area contributed by atoms with E-state index in [4.69, 9.17) is 0 Å². The molecule has 4 heteroatoms. The topological polar surface area (TPSA) is 49.3 Å². The molecular weight excluding hydrogens is 320 g/mol. The summed E-state index contributed by atoms with van der Waals surface area (Å²) in [5.41, 5.74) is 5.00. The van der Waals surface area contributed by atoms with Gasteiger partial charge in [0.2, 0.25) is 0 Å². The lowest BCUT2D eigenvalue weighted by molar-refractivity contribution is 0.786. The maximum atomic E-state index is 4.52. The standard InChI is InChI=1S/C22H26N4/c1-16-12-17(2)14-18(13-16)8-10-25-22(23-3)26-15-21-20-7-5-4-6-19(20)9-11-24-21/h4-7,9,11-14H,8,10,15H2,1-3H3,(H2,23,25,26). The number of nitrogens with one attached hydrogen (secondary N) is 2. The summed E-state index contributed by atoms with van der Waals surface area (Å²) in [6, 6.07) is 17.0. The summed E-state index contributed by atoms with van der Waals surface area (Å²) in [6.07, 6.45) is 2.82. The lowest BCUT2D eigenvalue weighted by Crippen LogP contribution is -2.38. The Kier molecular flexibility index (Phi) is 5.84. The molecule has 2 aromatic carbocycles. The summed E-state index contributed by atoms with van der Waals surface area (Å²) in [5.74, 6) is 0.795. The molecule has 1 heterocycles. The maximum Gasteiger partial charge on any atom is 0.191 e. The lowest BCUT2D eigenvalue weighted by Gasteiger charge is -2.13. The van der Waals surface area contributed by atoms with Crippen LogP contribution in [0.15, 0.2) is 59.7 Å². The van der Waals surface area contributed by atoms with Crippen LogP contribution in [0.25, 0.3) is 10.8 Å². The fourth-order valence-corrected chi connectivity index (χ4v) is 3.25. The molecule has 3 rings (SSSR count). The number of rotatable bonds is 5. The molecule has 0 fully saturated rings. The minimum absolute atomic E-state index is 0.643. The summed E-state index contributed by atoms with van der Waals surface area (Å²) in [7, 11) is 1.79. The predicted molar refractivity (Wildman–Crippen MR) is 110 cm³/mol. The van der Waals surface area contributed by atoms with Crippen LogP contribution in [0.2, 0.25) is 0 Å². The Morgan fingerprint density at radius 2 is 1.77 bits per heavy atom. The number of aryl methyl sites for hydroxylation is 2. The minimum Gasteiger partial charge on any atom is -0.356 e. The van der Waals surface area contributed by atoms with Gasteiger partial charge in [-0.25, -0.2) is 0 Å². The Balaban J connectivity index is 1.56. The van der Waals surface area contributed by atoms with Crippen molar-refractivity contribution in [3.8, 4) is 0 Å². The second kappa shape index (κ2) is 8.48. The van der Waals surface area contributed by atoms with Crippen molar-refractivity contribution < 1.29 is 0 Å². The van der Waals surface area contributed by atoms with Crippen molar-refractivity contribution >= 4 is 16.7 Å². The average molecular weight is 346 g/mol. The zero-order valence-electron chi connectivity index (χ0n) is 15.7. The highest BCUT2D eigenvalue weighted by atomic mass is 15.2. The van der Waals surface area contributed by atoms with E-state index >= 15 is 0 Å². The van der Waals surface area contributed by atoms with E-state index in [0.29, 0.717) is 6.54 Å². The minimum atomic E-state index is 0.643. The Labute approximate surface area is 155 Å². The van der Waals surface area contributed by atoms with Crippen molar-refractivity contribution in [2.75, 3.05) is 13.6 Å². The first kappa shape index (κ1) is 17.9. The van der Waals surface area contributed by atoms with E-state index in [2.05, 4.69) is 64.8 Å². The van der Waals surface area contributed by atoms with Crippen LogP contribution in [0.4, 0.5) is 0 Å². The van der Waals surface area contributed by atoms with Crippen LogP contribution in [-0.4, -0.2) is 24.5 Å². The maximum absolute atomic E-state index is 4.52.